The lowest BCUT2D eigenvalue weighted by atomic mass is 9.76. The second-order valence-electron chi connectivity index (χ2n) is 5.62. The van der Waals surface area contributed by atoms with Crippen molar-refractivity contribution >= 4 is 5.69 Å². The molecule has 20 heavy (non-hydrogen) atoms. The fourth-order valence-electron chi connectivity index (χ4n) is 2.87. The molecule has 0 spiro atoms. The summed E-state index contributed by atoms with van der Waals surface area (Å²) in [6.07, 6.45) is 2.39. The van der Waals surface area contributed by atoms with Gasteiger partial charge in [-0.05, 0) is 48.9 Å². The van der Waals surface area contributed by atoms with Gasteiger partial charge in [-0.25, -0.2) is 0 Å². The van der Waals surface area contributed by atoms with Crippen molar-refractivity contribution in [3.63, 3.8) is 0 Å². The molecule has 0 heterocycles. The third-order valence-electron chi connectivity index (χ3n) is 4.13. The SMILES string of the molecule is COc1cc(C)ccc1NC1CC(c2ccccc2)C1. The lowest BCUT2D eigenvalue weighted by Crippen LogP contribution is -2.34. The second-order valence-corrected chi connectivity index (χ2v) is 5.62. The van der Waals surface area contributed by atoms with E-state index in [1.54, 1.807) is 7.11 Å². The zero-order chi connectivity index (χ0) is 13.9. The first-order valence-corrected chi connectivity index (χ1v) is 7.22. The van der Waals surface area contributed by atoms with Crippen LogP contribution in [0.4, 0.5) is 5.69 Å². The van der Waals surface area contributed by atoms with Crippen molar-refractivity contribution in [3.05, 3.63) is 59.7 Å². The Bertz CT molecular complexity index is 573. The molecule has 0 bridgehead atoms. The first kappa shape index (κ1) is 13.0. The van der Waals surface area contributed by atoms with Gasteiger partial charge in [0.25, 0.3) is 0 Å². The third-order valence-corrected chi connectivity index (χ3v) is 4.13. The Morgan fingerprint density at radius 3 is 2.50 bits per heavy atom. The second kappa shape index (κ2) is 5.58. The lowest BCUT2D eigenvalue weighted by Gasteiger charge is -2.37. The molecule has 1 N–H and O–H groups in total. The molecule has 0 unspecified atom stereocenters. The predicted molar refractivity (Wildman–Crippen MR) is 83.6 cm³/mol. The summed E-state index contributed by atoms with van der Waals surface area (Å²) in [4.78, 5) is 0. The minimum atomic E-state index is 0.553. The van der Waals surface area contributed by atoms with E-state index in [2.05, 4.69) is 60.8 Å². The number of hydrogen-bond acceptors (Lipinski definition) is 2. The average molecular weight is 267 g/mol. The van der Waals surface area contributed by atoms with E-state index >= 15 is 0 Å². The lowest BCUT2D eigenvalue weighted by molar-refractivity contribution is 0.370. The van der Waals surface area contributed by atoms with Crippen LogP contribution in [0.1, 0.15) is 29.9 Å². The van der Waals surface area contributed by atoms with Crippen LogP contribution in [0.5, 0.6) is 5.75 Å². The molecule has 2 nitrogen and oxygen atoms in total. The molecule has 0 aliphatic heterocycles. The topological polar surface area (TPSA) is 21.3 Å². The number of rotatable bonds is 4. The van der Waals surface area contributed by atoms with E-state index in [9.17, 15) is 0 Å². The van der Waals surface area contributed by atoms with E-state index in [4.69, 9.17) is 4.74 Å². The zero-order valence-electron chi connectivity index (χ0n) is 12.1. The Kier molecular flexibility index (Phi) is 3.64. The maximum absolute atomic E-state index is 5.44. The predicted octanol–water partition coefficient (Wildman–Crippen LogP) is 4.36. The van der Waals surface area contributed by atoms with Crippen LogP contribution in [0.15, 0.2) is 48.5 Å². The standard InChI is InChI=1S/C18H21NO/c1-13-8-9-17(18(10-13)20-2)19-16-11-15(12-16)14-6-4-3-5-7-14/h3-10,15-16,19H,11-12H2,1-2H3. The summed E-state index contributed by atoms with van der Waals surface area (Å²) >= 11 is 0. The van der Waals surface area contributed by atoms with Crippen LogP contribution >= 0.6 is 0 Å². The van der Waals surface area contributed by atoms with Gasteiger partial charge in [0.15, 0.2) is 0 Å². The highest BCUT2D eigenvalue weighted by molar-refractivity contribution is 5.58. The molecule has 0 radical (unpaired) electrons. The fourth-order valence-corrected chi connectivity index (χ4v) is 2.87. The molecule has 0 saturated heterocycles. The van der Waals surface area contributed by atoms with E-state index in [0.717, 1.165) is 11.4 Å². The van der Waals surface area contributed by atoms with E-state index in [1.165, 1.54) is 24.0 Å². The number of aryl methyl sites for hydroxylation is 1. The molecular formula is C18H21NO. The maximum Gasteiger partial charge on any atom is 0.142 e. The van der Waals surface area contributed by atoms with Crippen LogP contribution in [0, 0.1) is 6.92 Å². The summed E-state index contributed by atoms with van der Waals surface area (Å²) in [5.74, 6) is 1.64. The van der Waals surface area contributed by atoms with Gasteiger partial charge in [0.05, 0.1) is 12.8 Å². The number of nitrogens with one attached hydrogen (secondary N) is 1. The van der Waals surface area contributed by atoms with Gasteiger partial charge in [-0.1, -0.05) is 36.4 Å². The van der Waals surface area contributed by atoms with E-state index in [1.807, 2.05) is 0 Å². The van der Waals surface area contributed by atoms with E-state index in [0.29, 0.717) is 12.0 Å². The minimum absolute atomic E-state index is 0.553. The molecule has 0 aromatic heterocycles. The van der Waals surface area contributed by atoms with Crippen molar-refractivity contribution in [1.82, 2.24) is 0 Å². The minimum Gasteiger partial charge on any atom is -0.495 e. The average Bonchev–Trinajstić information content (AvgIpc) is 2.44. The molecule has 1 aliphatic rings. The Labute approximate surface area is 120 Å². The Morgan fingerprint density at radius 1 is 1.05 bits per heavy atom. The van der Waals surface area contributed by atoms with Crippen molar-refractivity contribution in [2.24, 2.45) is 0 Å². The van der Waals surface area contributed by atoms with Gasteiger partial charge in [0, 0.05) is 6.04 Å². The number of methoxy groups -OCH3 is 1. The van der Waals surface area contributed by atoms with Crippen molar-refractivity contribution in [3.8, 4) is 5.75 Å². The normalized spacial score (nSPS) is 21.1. The molecule has 2 aromatic carbocycles. The molecule has 2 heteroatoms. The third kappa shape index (κ3) is 2.64. The molecule has 3 rings (SSSR count). The summed E-state index contributed by atoms with van der Waals surface area (Å²) in [6, 6.07) is 17.7. The van der Waals surface area contributed by atoms with Crippen LogP contribution in [-0.4, -0.2) is 13.2 Å². The van der Waals surface area contributed by atoms with Crippen LogP contribution in [-0.2, 0) is 0 Å². The largest absolute Gasteiger partial charge is 0.495 e. The molecule has 1 saturated carbocycles. The van der Waals surface area contributed by atoms with Gasteiger partial charge in [0.2, 0.25) is 0 Å². The molecular weight excluding hydrogens is 246 g/mol. The van der Waals surface area contributed by atoms with Crippen LogP contribution in [0.3, 0.4) is 0 Å². The summed E-state index contributed by atoms with van der Waals surface area (Å²) in [5.41, 5.74) is 3.79. The van der Waals surface area contributed by atoms with Gasteiger partial charge in [0.1, 0.15) is 5.75 Å². The quantitative estimate of drug-likeness (QED) is 0.888. The van der Waals surface area contributed by atoms with Crippen LogP contribution in [0.2, 0.25) is 0 Å². The van der Waals surface area contributed by atoms with Gasteiger partial charge in [-0.3, -0.25) is 0 Å². The van der Waals surface area contributed by atoms with Gasteiger partial charge in [-0.15, -0.1) is 0 Å². The van der Waals surface area contributed by atoms with Gasteiger partial charge < -0.3 is 10.1 Å². The van der Waals surface area contributed by atoms with Gasteiger partial charge in [-0.2, -0.15) is 0 Å². The molecule has 0 amide bonds. The fraction of sp³-hybridized carbons (Fsp3) is 0.333. The Balaban J connectivity index is 1.62. The number of ether oxygens (including phenoxy) is 1. The molecule has 1 fully saturated rings. The van der Waals surface area contributed by atoms with Crippen molar-refractivity contribution in [2.75, 3.05) is 12.4 Å². The highest BCUT2D eigenvalue weighted by atomic mass is 16.5. The first-order valence-electron chi connectivity index (χ1n) is 7.22. The van der Waals surface area contributed by atoms with Crippen molar-refractivity contribution < 1.29 is 4.74 Å². The summed E-state index contributed by atoms with van der Waals surface area (Å²) in [7, 11) is 1.73. The van der Waals surface area contributed by atoms with Gasteiger partial charge >= 0.3 is 0 Å². The first-order chi connectivity index (χ1) is 9.76. The van der Waals surface area contributed by atoms with Crippen molar-refractivity contribution in [2.45, 2.75) is 31.7 Å². The summed E-state index contributed by atoms with van der Waals surface area (Å²) in [5, 5.41) is 3.60. The van der Waals surface area contributed by atoms with Crippen LogP contribution < -0.4 is 10.1 Å². The Morgan fingerprint density at radius 2 is 1.80 bits per heavy atom. The Hall–Kier alpha value is -1.96. The molecule has 1 aliphatic carbocycles. The van der Waals surface area contributed by atoms with Crippen molar-refractivity contribution in [1.29, 1.82) is 0 Å². The van der Waals surface area contributed by atoms with E-state index < -0.39 is 0 Å². The highest BCUT2D eigenvalue weighted by Gasteiger charge is 2.30. The number of hydrogen-bond donors (Lipinski definition) is 1. The van der Waals surface area contributed by atoms with Crippen LogP contribution in [0.25, 0.3) is 0 Å². The molecule has 0 atom stereocenters. The highest BCUT2D eigenvalue weighted by Crippen LogP contribution is 2.39. The smallest absolute Gasteiger partial charge is 0.142 e. The maximum atomic E-state index is 5.44. The molecule has 2 aromatic rings. The number of benzene rings is 2. The monoisotopic (exact) mass is 267 g/mol. The summed E-state index contributed by atoms with van der Waals surface area (Å²) < 4.78 is 5.44. The zero-order valence-corrected chi connectivity index (χ0v) is 12.1. The molecule has 104 valence electrons. The summed E-state index contributed by atoms with van der Waals surface area (Å²) in [6.45, 7) is 2.08. The number of anilines is 1. The van der Waals surface area contributed by atoms with E-state index in [-0.39, 0.29) is 0 Å².